The van der Waals surface area contributed by atoms with E-state index in [0.717, 1.165) is 36.0 Å². The fourth-order valence-electron chi connectivity index (χ4n) is 2.51. The van der Waals surface area contributed by atoms with Crippen molar-refractivity contribution in [3.8, 4) is 0 Å². The Morgan fingerprint density at radius 3 is 2.71 bits per heavy atom. The summed E-state index contributed by atoms with van der Waals surface area (Å²) in [4.78, 5) is 17.3. The number of amides is 1. The first-order valence-electron chi connectivity index (χ1n) is 7.82. The van der Waals surface area contributed by atoms with Gasteiger partial charge in [0.2, 0.25) is 0 Å². The standard InChI is InChI=1S/C15H22F3N3O2S/c1-14(2,3)23-13(22)19-8-10-6-4-5-7-21(10)12-20-11(9-24-12)15(16,17)18/h9-10H,4-8H2,1-3H3,(H,19,22). The third kappa shape index (κ3) is 5.25. The van der Waals surface area contributed by atoms with E-state index in [2.05, 4.69) is 10.3 Å². The number of hydrogen-bond donors (Lipinski definition) is 1. The fourth-order valence-corrected chi connectivity index (χ4v) is 3.44. The smallest absolute Gasteiger partial charge is 0.434 e. The van der Waals surface area contributed by atoms with Gasteiger partial charge < -0.3 is 15.0 Å². The van der Waals surface area contributed by atoms with E-state index in [0.29, 0.717) is 18.2 Å². The van der Waals surface area contributed by atoms with E-state index >= 15 is 0 Å². The molecule has 1 amide bonds. The molecule has 1 aliphatic heterocycles. The Labute approximate surface area is 143 Å². The van der Waals surface area contributed by atoms with Crippen molar-refractivity contribution in [2.75, 3.05) is 18.0 Å². The molecule has 0 aromatic carbocycles. The Morgan fingerprint density at radius 1 is 1.42 bits per heavy atom. The number of carbonyl (C=O) groups is 1. The van der Waals surface area contributed by atoms with Crippen LogP contribution in [0.15, 0.2) is 5.38 Å². The van der Waals surface area contributed by atoms with Crippen molar-refractivity contribution >= 4 is 22.6 Å². The quantitative estimate of drug-likeness (QED) is 0.878. The zero-order chi connectivity index (χ0) is 18.0. The van der Waals surface area contributed by atoms with Gasteiger partial charge in [0.05, 0.1) is 0 Å². The number of aromatic nitrogens is 1. The monoisotopic (exact) mass is 365 g/mol. The molecule has 2 heterocycles. The summed E-state index contributed by atoms with van der Waals surface area (Å²) in [6.07, 6.45) is -2.31. The predicted molar refractivity (Wildman–Crippen MR) is 86.3 cm³/mol. The molecule has 1 N–H and O–H groups in total. The lowest BCUT2D eigenvalue weighted by molar-refractivity contribution is -0.140. The molecule has 1 aromatic heterocycles. The van der Waals surface area contributed by atoms with E-state index in [4.69, 9.17) is 4.74 Å². The van der Waals surface area contributed by atoms with Crippen LogP contribution in [0.5, 0.6) is 0 Å². The van der Waals surface area contributed by atoms with Crippen LogP contribution in [0.25, 0.3) is 0 Å². The minimum Gasteiger partial charge on any atom is -0.444 e. The Kier molecular flexibility index (Phi) is 5.62. The van der Waals surface area contributed by atoms with Crippen LogP contribution >= 0.6 is 11.3 Å². The van der Waals surface area contributed by atoms with Gasteiger partial charge in [0, 0.05) is 24.5 Å². The van der Waals surface area contributed by atoms with Crippen molar-refractivity contribution < 1.29 is 22.7 Å². The van der Waals surface area contributed by atoms with Gasteiger partial charge in [-0.3, -0.25) is 0 Å². The molecule has 0 bridgehead atoms. The van der Waals surface area contributed by atoms with Crippen molar-refractivity contribution in [2.24, 2.45) is 0 Å². The second-order valence-corrected chi connectivity index (χ2v) is 7.58. The average Bonchev–Trinajstić information content (AvgIpc) is 2.93. The molecule has 2 rings (SSSR count). The molecule has 1 aliphatic rings. The first-order chi connectivity index (χ1) is 11.1. The summed E-state index contributed by atoms with van der Waals surface area (Å²) in [6.45, 7) is 6.26. The lowest BCUT2D eigenvalue weighted by Crippen LogP contribution is -2.47. The van der Waals surface area contributed by atoms with Crippen LogP contribution in [0.1, 0.15) is 45.7 Å². The van der Waals surface area contributed by atoms with Gasteiger partial charge >= 0.3 is 12.3 Å². The molecule has 1 fully saturated rings. The SMILES string of the molecule is CC(C)(C)OC(=O)NCC1CCCCN1c1nc(C(F)(F)F)cs1. The third-order valence-corrected chi connectivity index (χ3v) is 4.41. The Balaban J connectivity index is 2.00. The van der Waals surface area contributed by atoms with Crippen LogP contribution in [0.4, 0.5) is 23.1 Å². The lowest BCUT2D eigenvalue weighted by Gasteiger charge is -2.35. The molecule has 136 valence electrons. The molecule has 1 saturated heterocycles. The van der Waals surface area contributed by atoms with E-state index in [1.54, 1.807) is 20.8 Å². The van der Waals surface area contributed by atoms with Crippen LogP contribution < -0.4 is 10.2 Å². The molecule has 1 atom stereocenters. The maximum absolute atomic E-state index is 12.7. The molecular formula is C15H22F3N3O2S. The molecule has 0 spiro atoms. The van der Waals surface area contributed by atoms with Gasteiger partial charge in [0.15, 0.2) is 10.8 Å². The van der Waals surface area contributed by atoms with Gasteiger partial charge in [-0.05, 0) is 40.0 Å². The molecule has 24 heavy (non-hydrogen) atoms. The normalized spacial score (nSPS) is 19.2. The molecule has 1 unspecified atom stereocenters. The second-order valence-electron chi connectivity index (χ2n) is 6.74. The number of halogens is 3. The Morgan fingerprint density at radius 2 is 2.12 bits per heavy atom. The van der Waals surface area contributed by atoms with E-state index in [1.807, 2.05) is 4.90 Å². The van der Waals surface area contributed by atoms with Gasteiger partial charge in [0.25, 0.3) is 0 Å². The second kappa shape index (κ2) is 7.16. The van der Waals surface area contributed by atoms with Crippen molar-refractivity contribution in [1.29, 1.82) is 0 Å². The number of ether oxygens (including phenoxy) is 1. The third-order valence-electron chi connectivity index (χ3n) is 3.54. The number of rotatable bonds is 3. The van der Waals surface area contributed by atoms with Gasteiger partial charge in [-0.15, -0.1) is 11.3 Å². The first kappa shape index (κ1) is 18.8. The summed E-state index contributed by atoms with van der Waals surface area (Å²) in [6, 6.07) is -0.0847. The molecule has 0 saturated carbocycles. The van der Waals surface area contributed by atoms with Crippen molar-refractivity contribution in [3.05, 3.63) is 11.1 Å². The molecule has 5 nitrogen and oxygen atoms in total. The van der Waals surface area contributed by atoms with Crippen LogP contribution in [-0.2, 0) is 10.9 Å². The minimum atomic E-state index is -4.44. The highest BCUT2D eigenvalue weighted by atomic mass is 32.1. The maximum Gasteiger partial charge on any atom is 0.434 e. The largest absolute Gasteiger partial charge is 0.444 e. The van der Waals surface area contributed by atoms with Crippen molar-refractivity contribution in [1.82, 2.24) is 10.3 Å². The zero-order valence-corrected chi connectivity index (χ0v) is 14.8. The highest BCUT2D eigenvalue weighted by molar-refractivity contribution is 7.13. The Bertz CT molecular complexity index is 569. The summed E-state index contributed by atoms with van der Waals surface area (Å²) in [7, 11) is 0. The zero-order valence-electron chi connectivity index (χ0n) is 13.9. The molecule has 0 radical (unpaired) electrons. The molecule has 9 heteroatoms. The number of nitrogens with zero attached hydrogens (tertiary/aromatic N) is 2. The average molecular weight is 365 g/mol. The number of anilines is 1. The molecule has 1 aromatic rings. The molecular weight excluding hydrogens is 343 g/mol. The number of piperidine rings is 1. The van der Waals surface area contributed by atoms with Gasteiger partial charge in [0.1, 0.15) is 5.60 Å². The minimum absolute atomic E-state index is 0.0847. The lowest BCUT2D eigenvalue weighted by atomic mass is 10.0. The summed E-state index contributed by atoms with van der Waals surface area (Å²) in [5.74, 6) is 0. The number of carbonyl (C=O) groups excluding carboxylic acids is 1. The Hall–Kier alpha value is -1.51. The summed E-state index contributed by atoms with van der Waals surface area (Å²) in [5.41, 5.74) is -1.46. The van der Waals surface area contributed by atoms with Crippen LogP contribution in [0, 0.1) is 0 Å². The number of alkyl halides is 3. The number of alkyl carbamates (subject to hydrolysis) is 1. The summed E-state index contributed by atoms with van der Waals surface area (Å²) < 4.78 is 43.4. The number of hydrogen-bond acceptors (Lipinski definition) is 5. The highest BCUT2D eigenvalue weighted by Gasteiger charge is 2.35. The summed E-state index contributed by atoms with van der Waals surface area (Å²) in [5, 5.41) is 4.07. The van der Waals surface area contributed by atoms with Crippen molar-refractivity contribution in [3.63, 3.8) is 0 Å². The predicted octanol–water partition coefficient (Wildman–Crippen LogP) is 4.05. The van der Waals surface area contributed by atoms with E-state index < -0.39 is 23.6 Å². The molecule has 0 aliphatic carbocycles. The number of nitrogens with one attached hydrogen (secondary N) is 1. The van der Waals surface area contributed by atoms with E-state index in [9.17, 15) is 18.0 Å². The van der Waals surface area contributed by atoms with Crippen molar-refractivity contribution in [2.45, 2.75) is 57.9 Å². The van der Waals surface area contributed by atoms with Gasteiger partial charge in [-0.25, -0.2) is 9.78 Å². The first-order valence-corrected chi connectivity index (χ1v) is 8.70. The number of thiazole rings is 1. The maximum atomic E-state index is 12.7. The van der Waals surface area contributed by atoms with Crippen LogP contribution in [0.2, 0.25) is 0 Å². The van der Waals surface area contributed by atoms with E-state index in [-0.39, 0.29) is 6.04 Å². The van der Waals surface area contributed by atoms with E-state index in [1.165, 1.54) is 0 Å². The highest BCUT2D eigenvalue weighted by Crippen LogP contribution is 2.34. The van der Waals surface area contributed by atoms with Gasteiger partial charge in [-0.1, -0.05) is 0 Å². The topological polar surface area (TPSA) is 54.5 Å². The summed E-state index contributed by atoms with van der Waals surface area (Å²) >= 11 is 0.982. The fraction of sp³-hybridized carbons (Fsp3) is 0.733. The van der Waals surface area contributed by atoms with Gasteiger partial charge in [-0.2, -0.15) is 13.2 Å². The van der Waals surface area contributed by atoms with Crippen LogP contribution in [-0.4, -0.2) is 35.8 Å². The van der Waals surface area contributed by atoms with Crippen LogP contribution in [0.3, 0.4) is 0 Å².